The van der Waals surface area contributed by atoms with Gasteiger partial charge in [0.2, 0.25) is 5.56 Å². The number of hydrogen-bond acceptors (Lipinski definition) is 5. The third-order valence-electron chi connectivity index (χ3n) is 1.81. The zero-order valence-corrected chi connectivity index (χ0v) is 8.10. The van der Waals surface area contributed by atoms with E-state index < -0.39 is 5.91 Å². The summed E-state index contributed by atoms with van der Waals surface area (Å²) in [5.74, 6) is -0.0332. The second kappa shape index (κ2) is 4.34. The Balaban J connectivity index is 2.01. The zero-order valence-electron chi connectivity index (χ0n) is 8.10. The highest BCUT2D eigenvalue weighted by atomic mass is 16.2. The minimum absolute atomic E-state index is 0.145. The Hall–Kier alpha value is -2.51. The zero-order chi connectivity index (χ0) is 11.4. The second-order valence-electron chi connectivity index (χ2n) is 2.94. The first-order valence-corrected chi connectivity index (χ1v) is 4.45. The molecule has 0 spiro atoms. The Bertz CT molecular complexity index is 531. The van der Waals surface area contributed by atoms with Crippen LogP contribution >= 0.6 is 0 Å². The highest BCUT2D eigenvalue weighted by Gasteiger charge is 2.06. The standard InChI is InChI=1S/C8H8N6O2/c15-7-3-1-2-5(10-7)8(16)9-4-6-11-13-14-12-6/h1-3H,4H2,(H,9,16)(H,10,15)(H,11,12,13,14). The lowest BCUT2D eigenvalue weighted by Gasteiger charge is -2.01. The van der Waals surface area contributed by atoms with Crippen molar-refractivity contribution in [3.05, 3.63) is 40.1 Å². The number of nitrogens with one attached hydrogen (secondary N) is 3. The van der Waals surface area contributed by atoms with Crippen LogP contribution in [0.15, 0.2) is 23.0 Å². The van der Waals surface area contributed by atoms with E-state index in [2.05, 4.69) is 30.9 Å². The summed E-state index contributed by atoms with van der Waals surface area (Å²) in [6.45, 7) is 0.145. The molecule has 0 unspecified atom stereocenters. The molecule has 0 saturated carbocycles. The summed E-state index contributed by atoms with van der Waals surface area (Å²) in [5.41, 5.74) is -0.136. The molecule has 0 saturated heterocycles. The van der Waals surface area contributed by atoms with Gasteiger partial charge in [-0.1, -0.05) is 11.3 Å². The lowest BCUT2D eigenvalue weighted by molar-refractivity contribution is 0.0944. The van der Waals surface area contributed by atoms with Crippen LogP contribution < -0.4 is 10.9 Å². The van der Waals surface area contributed by atoms with Crippen molar-refractivity contribution in [2.24, 2.45) is 0 Å². The predicted molar refractivity (Wildman–Crippen MR) is 52.4 cm³/mol. The van der Waals surface area contributed by atoms with Crippen molar-refractivity contribution in [3.8, 4) is 0 Å². The lowest BCUT2D eigenvalue weighted by Crippen LogP contribution is -2.26. The van der Waals surface area contributed by atoms with Crippen molar-refractivity contribution in [1.82, 2.24) is 30.9 Å². The molecular formula is C8H8N6O2. The maximum atomic E-state index is 11.5. The largest absolute Gasteiger partial charge is 0.343 e. The van der Waals surface area contributed by atoms with Crippen molar-refractivity contribution in [3.63, 3.8) is 0 Å². The predicted octanol–water partition coefficient (Wildman–Crippen LogP) is -1.18. The summed E-state index contributed by atoms with van der Waals surface area (Å²) in [4.78, 5) is 24.9. The fraction of sp³-hybridized carbons (Fsp3) is 0.125. The summed E-state index contributed by atoms with van der Waals surface area (Å²) in [7, 11) is 0. The van der Waals surface area contributed by atoms with Crippen LogP contribution in [-0.2, 0) is 6.54 Å². The highest BCUT2D eigenvalue weighted by molar-refractivity contribution is 5.91. The van der Waals surface area contributed by atoms with Gasteiger partial charge in [0.15, 0.2) is 5.82 Å². The van der Waals surface area contributed by atoms with Crippen LogP contribution in [0.3, 0.4) is 0 Å². The number of amides is 1. The molecule has 2 rings (SSSR count). The average molecular weight is 220 g/mol. The second-order valence-corrected chi connectivity index (χ2v) is 2.94. The third-order valence-corrected chi connectivity index (χ3v) is 1.81. The number of carbonyl (C=O) groups excluding carboxylic acids is 1. The maximum Gasteiger partial charge on any atom is 0.268 e. The van der Waals surface area contributed by atoms with E-state index in [9.17, 15) is 9.59 Å². The summed E-state index contributed by atoms with van der Waals surface area (Å²) in [6, 6.07) is 4.34. The van der Waals surface area contributed by atoms with Crippen LogP contribution in [0, 0.1) is 0 Å². The summed E-state index contributed by atoms with van der Waals surface area (Å²) in [6.07, 6.45) is 0. The number of H-pyrrole nitrogens is 2. The van der Waals surface area contributed by atoms with Crippen molar-refractivity contribution < 1.29 is 4.79 Å². The van der Waals surface area contributed by atoms with E-state index in [1.807, 2.05) is 0 Å². The first kappa shape index (κ1) is 10.0. The van der Waals surface area contributed by atoms with E-state index in [-0.39, 0.29) is 17.8 Å². The first-order valence-electron chi connectivity index (χ1n) is 4.45. The van der Waals surface area contributed by atoms with Crippen molar-refractivity contribution in [2.45, 2.75) is 6.54 Å². The summed E-state index contributed by atoms with van der Waals surface area (Å²) >= 11 is 0. The van der Waals surface area contributed by atoms with E-state index in [0.717, 1.165) is 0 Å². The van der Waals surface area contributed by atoms with Gasteiger partial charge in [-0.25, -0.2) is 0 Å². The monoisotopic (exact) mass is 220 g/mol. The van der Waals surface area contributed by atoms with E-state index >= 15 is 0 Å². The quantitative estimate of drug-likeness (QED) is 0.601. The van der Waals surface area contributed by atoms with Crippen molar-refractivity contribution in [2.75, 3.05) is 0 Å². The Morgan fingerprint density at radius 1 is 1.44 bits per heavy atom. The fourth-order valence-electron chi connectivity index (χ4n) is 1.09. The van der Waals surface area contributed by atoms with E-state index in [1.54, 1.807) is 0 Å². The van der Waals surface area contributed by atoms with Gasteiger partial charge in [-0.15, -0.1) is 10.2 Å². The minimum atomic E-state index is -0.400. The molecule has 0 atom stereocenters. The molecule has 8 heteroatoms. The van der Waals surface area contributed by atoms with Gasteiger partial charge < -0.3 is 10.3 Å². The van der Waals surface area contributed by atoms with Crippen LogP contribution in [0.2, 0.25) is 0 Å². The fourth-order valence-corrected chi connectivity index (χ4v) is 1.09. The molecule has 0 aliphatic heterocycles. The number of carbonyl (C=O) groups is 1. The summed E-state index contributed by atoms with van der Waals surface area (Å²) in [5, 5.41) is 15.5. The molecular weight excluding hydrogens is 212 g/mol. The van der Waals surface area contributed by atoms with Crippen LogP contribution in [-0.4, -0.2) is 31.5 Å². The number of aromatic nitrogens is 5. The molecule has 0 aliphatic rings. The number of pyridine rings is 1. The van der Waals surface area contributed by atoms with Crippen LogP contribution in [0.1, 0.15) is 16.3 Å². The molecule has 3 N–H and O–H groups in total. The smallest absolute Gasteiger partial charge is 0.268 e. The lowest BCUT2D eigenvalue weighted by atomic mass is 10.3. The molecule has 2 aromatic heterocycles. The number of rotatable bonds is 3. The molecule has 0 fully saturated rings. The number of aromatic amines is 2. The van der Waals surface area contributed by atoms with Gasteiger partial charge in [-0.2, -0.15) is 5.21 Å². The van der Waals surface area contributed by atoms with E-state index in [1.165, 1.54) is 18.2 Å². The Morgan fingerprint density at radius 2 is 2.31 bits per heavy atom. The van der Waals surface area contributed by atoms with Gasteiger partial charge >= 0.3 is 0 Å². The average Bonchev–Trinajstić information content (AvgIpc) is 2.78. The van der Waals surface area contributed by atoms with Crippen LogP contribution in [0.5, 0.6) is 0 Å². The van der Waals surface area contributed by atoms with Gasteiger partial charge in [-0.05, 0) is 6.07 Å². The van der Waals surface area contributed by atoms with Gasteiger partial charge in [0, 0.05) is 6.07 Å². The maximum absolute atomic E-state index is 11.5. The molecule has 82 valence electrons. The molecule has 0 aromatic carbocycles. The molecule has 0 radical (unpaired) electrons. The topological polar surface area (TPSA) is 116 Å². The number of hydrogen-bond donors (Lipinski definition) is 3. The molecule has 16 heavy (non-hydrogen) atoms. The van der Waals surface area contributed by atoms with Crippen LogP contribution in [0.4, 0.5) is 0 Å². The van der Waals surface area contributed by atoms with Gasteiger partial charge in [-0.3, -0.25) is 9.59 Å². The van der Waals surface area contributed by atoms with Gasteiger partial charge in [0.1, 0.15) is 5.69 Å². The van der Waals surface area contributed by atoms with E-state index in [0.29, 0.717) is 5.82 Å². The van der Waals surface area contributed by atoms with Gasteiger partial charge in [0.05, 0.1) is 6.54 Å². The molecule has 0 bridgehead atoms. The molecule has 8 nitrogen and oxygen atoms in total. The minimum Gasteiger partial charge on any atom is -0.343 e. The number of tetrazole rings is 1. The summed E-state index contributed by atoms with van der Waals surface area (Å²) < 4.78 is 0. The molecule has 0 aliphatic carbocycles. The normalized spacial score (nSPS) is 10.0. The number of nitrogens with zero attached hydrogens (tertiary/aromatic N) is 3. The van der Waals surface area contributed by atoms with Gasteiger partial charge in [0.25, 0.3) is 5.91 Å². The molecule has 2 heterocycles. The third kappa shape index (κ3) is 2.29. The van der Waals surface area contributed by atoms with E-state index in [4.69, 9.17) is 0 Å². The van der Waals surface area contributed by atoms with Crippen LogP contribution in [0.25, 0.3) is 0 Å². The highest BCUT2D eigenvalue weighted by Crippen LogP contribution is 1.91. The van der Waals surface area contributed by atoms with Crippen molar-refractivity contribution in [1.29, 1.82) is 0 Å². The molecule has 2 aromatic rings. The van der Waals surface area contributed by atoms with Crippen molar-refractivity contribution >= 4 is 5.91 Å². The Morgan fingerprint density at radius 3 is 3.00 bits per heavy atom. The first-order chi connectivity index (χ1) is 7.75. The Labute approximate surface area is 89.1 Å². The molecule has 1 amide bonds. The SMILES string of the molecule is O=C(NCc1nn[nH]n1)c1cccc(=O)[nH]1. The Kier molecular flexibility index (Phi) is 2.72.